The van der Waals surface area contributed by atoms with Gasteiger partial charge < -0.3 is 14.7 Å². The lowest BCUT2D eigenvalue weighted by atomic mass is 10.1. The van der Waals surface area contributed by atoms with Crippen molar-refractivity contribution in [3.05, 3.63) is 69.2 Å². The molecular weight excluding hydrogens is 468 g/mol. The Labute approximate surface area is 207 Å². The molecule has 2 aromatic carbocycles. The van der Waals surface area contributed by atoms with Gasteiger partial charge in [-0.3, -0.25) is 19.0 Å². The van der Waals surface area contributed by atoms with E-state index in [0.29, 0.717) is 47.7 Å². The lowest BCUT2D eigenvalue weighted by Crippen LogP contribution is -2.48. The molecule has 1 aliphatic rings. The first-order valence-corrected chi connectivity index (χ1v) is 11.6. The lowest BCUT2D eigenvalue weighted by Gasteiger charge is -2.35. The molecule has 0 unspecified atom stereocenters. The SMILES string of the molecule is CC(=O)N1CCN(c2ccc3ncn(CC(=O)N(C)Cc4ccc(Cl)c(C#N)c4)c(=O)c3c2)CC1. The highest BCUT2D eigenvalue weighted by Crippen LogP contribution is 2.21. The summed E-state index contributed by atoms with van der Waals surface area (Å²) >= 11 is 5.98. The average Bonchev–Trinajstić information content (AvgIpc) is 2.86. The molecule has 0 saturated carbocycles. The summed E-state index contributed by atoms with van der Waals surface area (Å²) in [6.07, 6.45) is 1.39. The number of nitriles is 1. The summed E-state index contributed by atoms with van der Waals surface area (Å²) in [5.74, 6) is -0.204. The van der Waals surface area contributed by atoms with E-state index in [2.05, 4.69) is 9.88 Å². The molecule has 1 fully saturated rings. The monoisotopic (exact) mass is 492 g/mol. The van der Waals surface area contributed by atoms with Crippen LogP contribution < -0.4 is 10.5 Å². The lowest BCUT2D eigenvalue weighted by molar-refractivity contribution is -0.131. The average molecular weight is 493 g/mol. The van der Waals surface area contributed by atoms with E-state index >= 15 is 0 Å². The van der Waals surface area contributed by atoms with E-state index in [-0.39, 0.29) is 30.5 Å². The van der Waals surface area contributed by atoms with E-state index in [0.717, 1.165) is 11.3 Å². The van der Waals surface area contributed by atoms with Crippen LogP contribution in [0.15, 0.2) is 47.5 Å². The van der Waals surface area contributed by atoms with Crippen LogP contribution in [-0.4, -0.2) is 64.4 Å². The number of hydrogen-bond acceptors (Lipinski definition) is 6. The maximum absolute atomic E-state index is 13.2. The molecular formula is C25H25ClN6O3. The van der Waals surface area contributed by atoms with Crippen LogP contribution in [0.2, 0.25) is 5.02 Å². The van der Waals surface area contributed by atoms with Gasteiger partial charge in [-0.15, -0.1) is 0 Å². The quantitative estimate of drug-likeness (QED) is 0.541. The first-order valence-electron chi connectivity index (χ1n) is 11.2. The normalized spacial score (nSPS) is 13.5. The number of halogens is 1. The van der Waals surface area contributed by atoms with E-state index < -0.39 is 0 Å². The van der Waals surface area contributed by atoms with Crippen LogP contribution in [0.5, 0.6) is 0 Å². The molecule has 0 spiro atoms. The number of nitrogens with zero attached hydrogens (tertiary/aromatic N) is 6. The summed E-state index contributed by atoms with van der Waals surface area (Å²) in [5.41, 5.74) is 2.26. The number of piperazine rings is 1. The van der Waals surface area contributed by atoms with Crippen molar-refractivity contribution in [1.82, 2.24) is 19.4 Å². The second-order valence-electron chi connectivity index (χ2n) is 8.55. The van der Waals surface area contributed by atoms with Crippen LogP contribution in [0.1, 0.15) is 18.1 Å². The van der Waals surface area contributed by atoms with Crippen molar-refractivity contribution in [1.29, 1.82) is 5.26 Å². The number of rotatable bonds is 5. The van der Waals surface area contributed by atoms with Gasteiger partial charge in [0, 0.05) is 52.4 Å². The van der Waals surface area contributed by atoms with E-state index in [1.165, 1.54) is 15.8 Å². The van der Waals surface area contributed by atoms with Gasteiger partial charge in [0.2, 0.25) is 11.8 Å². The maximum atomic E-state index is 13.2. The molecule has 0 bridgehead atoms. The number of carbonyl (C=O) groups excluding carboxylic acids is 2. The van der Waals surface area contributed by atoms with Crippen LogP contribution >= 0.6 is 11.6 Å². The molecule has 180 valence electrons. The number of fused-ring (bicyclic) bond motifs is 1. The minimum absolute atomic E-state index is 0.0615. The van der Waals surface area contributed by atoms with E-state index in [1.807, 2.05) is 12.1 Å². The number of aromatic nitrogens is 2. The van der Waals surface area contributed by atoms with Gasteiger partial charge in [-0.1, -0.05) is 17.7 Å². The standard InChI is InChI=1S/C25H25ClN6O3/c1-17(33)30-7-9-31(10-8-30)20-4-6-23-21(12-20)25(35)32(16-28-23)15-24(34)29(2)14-18-3-5-22(26)19(11-18)13-27/h3-6,11-12,16H,7-10,14-15H2,1-2H3. The summed E-state index contributed by atoms with van der Waals surface area (Å²) in [7, 11) is 1.64. The van der Waals surface area contributed by atoms with Gasteiger partial charge in [-0.2, -0.15) is 5.26 Å². The second-order valence-corrected chi connectivity index (χ2v) is 8.96. The van der Waals surface area contributed by atoms with Crippen molar-refractivity contribution in [2.24, 2.45) is 0 Å². The van der Waals surface area contributed by atoms with E-state index in [9.17, 15) is 14.4 Å². The Kier molecular flexibility index (Phi) is 7.03. The number of anilines is 1. The van der Waals surface area contributed by atoms with Crippen LogP contribution in [-0.2, 0) is 22.7 Å². The fourth-order valence-corrected chi connectivity index (χ4v) is 4.28. The van der Waals surface area contributed by atoms with Crippen molar-refractivity contribution in [2.75, 3.05) is 38.1 Å². The number of benzene rings is 2. The number of amides is 2. The minimum atomic E-state index is -0.292. The molecule has 3 aromatic rings. The Balaban J connectivity index is 1.50. The molecule has 9 nitrogen and oxygen atoms in total. The van der Waals surface area contributed by atoms with Gasteiger partial charge in [-0.25, -0.2) is 4.98 Å². The van der Waals surface area contributed by atoms with Gasteiger partial charge in [0.05, 0.1) is 27.8 Å². The zero-order chi connectivity index (χ0) is 25.1. The molecule has 0 aliphatic carbocycles. The van der Waals surface area contributed by atoms with Crippen LogP contribution in [0.4, 0.5) is 5.69 Å². The third kappa shape index (κ3) is 5.28. The second kappa shape index (κ2) is 10.2. The highest BCUT2D eigenvalue weighted by molar-refractivity contribution is 6.31. The molecule has 1 aliphatic heterocycles. The third-order valence-corrected chi connectivity index (χ3v) is 6.53. The Morgan fingerprint density at radius 2 is 1.89 bits per heavy atom. The fourth-order valence-electron chi connectivity index (χ4n) is 4.12. The first kappa shape index (κ1) is 24.2. The Hall–Kier alpha value is -3.90. The molecule has 2 heterocycles. The zero-order valence-corrected chi connectivity index (χ0v) is 20.3. The summed E-state index contributed by atoms with van der Waals surface area (Å²) in [6, 6.07) is 12.6. The molecule has 10 heteroatoms. The highest BCUT2D eigenvalue weighted by Gasteiger charge is 2.20. The molecule has 4 rings (SSSR count). The predicted molar refractivity (Wildman–Crippen MR) is 133 cm³/mol. The van der Waals surface area contributed by atoms with Gasteiger partial charge in [0.25, 0.3) is 5.56 Å². The van der Waals surface area contributed by atoms with E-state index in [1.54, 1.807) is 49.2 Å². The smallest absolute Gasteiger partial charge is 0.261 e. The largest absolute Gasteiger partial charge is 0.368 e. The Morgan fingerprint density at radius 3 is 2.57 bits per heavy atom. The number of hydrogen-bond donors (Lipinski definition) is 0. The number of likely N-dealkylation sites (N-methyl/N-ethyl adjacent to an activating group) is 1. The van der Waals surface area contributed by atoms with Crippen molar-refractivity contribution >= 4 is 40.0 Å². The summed E-state index contributed by atoms with van der Waals surface area (Å²) < 4.78 is 1.31. The van der Waals surface area contributed by atoms with Crippen molar-refractivity contribution in [3.63, 3.8) is 0 Å². The Morgan fingerprint density at radius 1 is 1.14 bits per heavy atom. The van der Waals surface area contributed by atoms with Crippen LogP contribution in [0, 0.1) is 11.3 Å². The molecule has 1 aromatic heterocycles. The molecule has 1 saturated heterocycles. The first-order chi connectivity index (χ1) is 16.8. The van der Waals surface area contributed by atoms with Crippen molar-refractivity contribution in [3.8, 4) is 6.07 Å². The molecule has 0 radical (unpaired) electrons. The fraction of sp³-hybridized carbons (Fsp3) is 0.320. The zero-order valence-electron chi connectivity index (χ0n) is 19.6. The molecule has 2 amide bonds. The van der Waals surface area contributed by atoms with Crippen LogP contribution in [0.25, 0.3) is 10.9 Å². The van der Waals surface area contributed by atoms with Gasteiger partial charge in [0.15, 0.2) is 0 Å². The van der Waals surface area contributed by atoms with Crippen molar-refractivity contribution < 1.29 is 9.59 Å². The van der Waals surface area contributed by atoms with Crippen molar-refractivity contribution in [2.45, 2.75) is 20.0 Å². The maximum Gasteiger partial charge on any atom is 0.261 e. The van der Waals surface area contributed by atoms with Gasteiger partial charge in [0.1, 0.15) is 12.6 Å². The molecule has 35 heavy (non-hydrogen) atoms. The molecule has 0 atom stereocenters. The topological polar surface area (TPSA) is 103 Å². The highest BCUT2D eigenvalue weighted by atomic mass is 35.5. The summed E-state index contributed by atoms with van der Waals surface area (Å²) in [5, 5.41) is 9.95. The summed E-state index contributed by atoms with van der Waals surface area (Å²) in [4.78, 5) is 47.4. The molecule has 0 N–H and O–H groups in total. The Bertz CT molecular complexity index is 1390. The van der Waals surface area contributed by atoms with E-state index in [4.69, 9.17) is 16.9 Å². The third-order valence-electron chi connectivity index (χ3n) is 6.20. The summed E-state index contributed by atoms with van der Waals surface area (Å²) in [6.45, 7) is 4.32. The van der Waals surface area contributed by atoms with Gasteiger partial charge >= 0.3 is 0 Å². The van der Waals surface area contributed by atoms with Gasteiger partial charge in [-0.05, 0) is 35.9 Å². The number of carbonyl (C=O) groups is 2. The minimum Gasteiger partial charge on any atom is -0.368 e. The van der Waals surface area contributed by atoms with Crippen LogP contribution in [0.3, 0.4) is 0 Å². The predicted octanol–water partition coefficient (Wildman–Crippen LogP) is 2.25.